The number of carboxylic acid groups (broad SMARTS) is 1. The molecule has 2 aromatic rings. The second-order valence-electron chi connectivity index (χ2n) is 4.61. The smallest absolute Gasteiger partial charge is 0.356 e. The Morgan fingerprint density at radius 3 is 2.39 bits per heavy atom. The number of aryl methyl sites for hydroxylation is 3. The molecule has 4 heteroatoms. The molecule has 0 unspecified atom stereocenters. The SMILES string of the molecule is Cc1cc(C)c(Cn2cnc(C(=O)O)c2)c(C)c1. The summed E-state index contributed by atoms with van der Waals surface area (Å²) >= 11 is 0. The van der Waals surface area contributed by atoms with Crippen molar-refractivity contribution in [3.8, 4) is 0 Å². The van der Waals surface area contributed by atoms with Crippen LogP contribution in [0.5, 0.6) is 0 Å². The zero-order valence-corrected chi connectivity index (χ0v) is 10.8. The van der Waals surface area contributed by atoms with E-state index in [0.717, 1.165) is 0 Å². The van der Waals surface area contributed by atoms with Crippen molar-refractivity contribution in [1.29, 1.82) is 0 Å². The maximum absolute atomic E-state index is 10.8. The van der Waals surface area contributed by atoms with E-state index in [2.05, 4.69) is 37.9 Å². The van der Waals surface area contributed by atoms with Crippen LogP contribution in [-0.2, 0) is 6.54 Å². The molecule has 18 heavy (non-hydrogen) atoms. The Hall–Kier alpha value is -2.10. The average Bonchev–Trinajstić information content (AvgIpc) is 2.71. The van der Waals surface area contributed by atoms with Gasteiger partial charge in [0.25, 0.3) is 0 Å². The number of imidazole rings is 1. The van der Waals surface area contributed by atoms with Gasteiger partial charge in [-0.2, -0.15) is 0 Å². The number of aromatic carboxylic acids is 1. The Morgan fingerprint density at radius 2 is 1.89 bits per heavy atom. The van der Waals surface area contributed by atoms with Crippen LogP contribution in [0.3, 0.4) is 0 Å². The monoisotopic (exact) mass is 244 g/mol. The van der Waals surface area contributed by atoms with Crippen LogP contribution in [0, 0.1) is 20.8 Å². The highest BCUT2D eigenvalue weighted by molar-refractivity contribution is 5.84. The van der Waals surface area contributed by atoms with Gasteiger partial charge in [-0.15, -0.1) is 0 Å². The second-order valence-corrected chi connectivity index (χ2v) is 4.61. The molecule has 0 saturated heterocycles. The van der Waals surface area contributed by atoms with Crippen molar-refractivity contribution in [3.63, 3.8) is 0 Å². The van der Waals surface area contributed by atoms with Crippen molar-refractivity contribution >= 4 is 5.97 Å². The highest BCUT2D eigenvalue weighted by Gasteiger charge is 2.09. The maximum Gasteiger partial charge on any atom is 0.356 e. The fourth-order valence-electron chi connectivity index (χ4n) is 2.20. The van der Waals surface area contributed by atoms with E-state index in [0.29, 0.717) is 6.54 Å². The van der Waals surface area contributed by atoms with Crippen molar-refractivity contribution in [2.45, 2.75) is 27.3 Å². The van der Waals surface area contributed by atoms with Gasteiger partial charge in [-0.3, -0.25) is 0 Å². The Labute approximate surface area is 106 Å². The number of rotatable bonds is 3. The van der Waals surface area contributed by atoms with Gasteiger partial charge in [-0.1, -0.05) is 17.7 Å². The van der Waals surface area contributed by atoms with Crippen LogP contribution in [0.25, 0.3) is 0 Å². The summed E-state index contributed by atoms with van der Waals surface area (Å²) in [7, 11) is 0. The second kappa shape index (κ2) is 4.64. The molecule has 94 valence electrons. The molecule has 0 aliphatic rings. The first-order chi connectivity index (χ1) is 8.47. The third-order valence-electron chi connectivity index (χ3n) is 3.03. The molecule has 0 atom stereocenters. The first-order valence-corrected chi connectivity index (χ1v) is 5.79. The zero-order valence-electron chi connectivity index (χ0n) is 10.8. The maximum atomic E-state index is 10.8. The van der Waals surface area contributed by atoms with Crippen LogP contribution >= 0.6 is 0 Å². The van der Waals surface area contributed by atoms with E-state index in [-0.39, 0.29) is 5.69 Å². The first kappa shape index (κ1) is 12.4. The Morgan fingerprint density at radius 1 is 1.28 bits per heavy atom. The van der Waals surface area contributed by atoms with Crippen LogP contribution in [-0.4, -0.2) is 20.6 Å². The van der Waals surface area contributed by atoms with Gasteiger partial charge in [0.15, 0.2) is 5.69 Å². The standard InChI is InChI=1S/C14H16N2O2/c1-9-4-10(2)12(11(3)5-9)6-16-7-13(14(17)18)15-8-16/h4-5,7-8H,6H2,1-3H3,(H,17,18). The minimum absolute atomic E-state index is 0.0809. The molecule has 0 spiro atoms. The Balaban J connectivity index is 2.31. The van der Waals surface area contributed by atoms with Gasteiger partial charge in [0, 0.05) is 12.7 Å². The van der Waals surface area contributed by atoms with Crippen LogP contribution < -0.4 is 0 Å². The normalized spacial score (nSPS) is 10.6. The minimum atomic E-state index is -0.994. The van der Waals surface area contributed by atoms with E-state index in [1.165, 1.54) is 22.3 Å². The number of nitrogens with zero attached hydrogens (tertiary/aromatic N) is 2. The molecule has 4 nitrogen and oxygen atoms in total. The largest absolute Gasteiger partial charge is 0.476 e. The summed E-state index contributed by atoms with van der Waals surface area (Å²) in [5.41, 5.74) is 4.98. The third-order valence-corrected chi connectivity index (χ3v) is 3.03. The Bertz CT molecular complexity index is 577. The van der Waals surface area contributed by atoms with Crippen molar-refractivity contribution in [3.05, 3.63) is 52.6 Å². The number of hydrogen-bond acceptors (Lipinski definition) is 2. The molecule has 2 rings (SSSR count). The Kier molecular flexibility index (Phi) is 3.19. The van der Waals surface area contributed by atoms with Crippen molar-refractivity contribution in [1.82, 2.24) is 9.55 Å². The summed E-state index contributed by atoms with van der Waals surface area (Å²) in [5, 5.41) is 8.83. The molecular formula is C14H16N2O2. The van der Waals surface area contributed by atoms with Gasteiger partial charge in [0.2, 0.25) is 0 Å². The van der Waals surface area contributed by atoms with E-state index in [1.807, 2.05) is 0 Å². The van der Waals surface area contributed by atoms with Crippen molar-refractivity contribution in [2.75, 3.05) is 0 Å². The lowest BCUT2D eigenvalue weighted by molar-refractivity contribution is 0.0691. The lowest BCUT2D eigenvalue weighted by Crippen LogP contribution is -2.02. The topological polar surface area (TPSA) is 55.1 Å². The number of carbonyl (C=O) groups is 1. The van der Waals surface area contributed by atoms with Crippen molar-refractivity contribution in [2.24, 2.45) is 0 Å². The molecule has 1 aromatic heterocycles. The fourth-order valence-corrected chi connectivity index (χ4v) is 2.20. The number of hydrogen-bond donors (Lipinski definition) is 1. The van der Waals surface area contributed by atoms with Crippen LogP contribution in [0.1, 0.15) is 32.7 Å². The highest BCUT2D eigenvalue weighted by Crippen LogP contribution is 2.17. The number of benzene rings is 1. The van der Waals surface area contributed by atoms with Gasteiger partial charge >= 0.3 is 5.97 Å². The molecule has 0 aliphatic heterocycles. The van der Waals surface area contributed by atoms with Crippen LogP contribution in [0.4, 0.5) is 0 Å². The summed E-state index contributed by atoms with van der Waals surface area (Å²) in [6.45, 7) is 6.87. The predicted molar refractivity (Wildman–Crippen MR) is 68.9 cm³/mol. The number of carboxylic acids is 1. The summed E-state index contributed by atoms with van der Waals surface area (Å²) in [6.07, 6.45) is 3.11. The minimum Gasteiger partial charge on any atom is -0.476 e. The summed E-state index contributed by atoms with van der Waals surface area (Å²) in [5.74, 6) is -0.994. The summed E-state index contributed by atoms with van der Waals surface area (Å²) < 4.78 is 1.80. The van der Waals surface area contributed by atoms with Gasteiger partial charge in [0.1, 0.15) is 0 Å². The molecule has 0 amide bonds. The van der Waals surface area contributed by atoms with Gasteiger partial charge in [0.05, 0.1) is 6.33 Å². The summed E-state index contributed by atoms with van der Waals surface area (Å²) in [6, 6.07) is 4.27. The van der Waals surface area contributed by atoms with E-state index in [4.69, 9.17) is 5.11 Å². The predicted octanol–water partition coefficient (Wildman–Crippen LogP) is 2.55. The lowest BCUT2D eigenvalue weighted by Gasteiger charge is -2.11. The zero-order chi connectivity index (χ0) is 13.3. The molecule has 1 N–H and O–H groups in total. The van der Waals surface area contributed by atoms with Gasteiger partial charge < -0.3 is 9.67 Å². The molecule has 0 saturated carbocycles. The van der Waals surface area contributed by atoms with Gasteiger partial charge in [-0.05, 0) is 37.5 Å². The molecule has 1 heterocycles. The van der Waals surface area contributed by atoms with E-state index in [1.54, 1.807) is 17.1 Å². The molecule has 0 radical (unpaired) electrons. The molecular weight excluding hydrogens is 228 g/mol. The summed E-state index contributed by atoms with van der Waals surface area (Å²) in [4.78, 5) is 14.6. The molecule has 0 bridgehead atoms. The molecule has 0 fully saturated rings. The molecule has 0 aliphatic carbocycles. The average molecular weight is 244 g/mol. The first-order valence-electron chi connectivity index (χ1n) is 5.79. The van der Waals surface area contributed by atoms with E-state index < -0.39 is 5.97 Å². The molecule has 1 aromatic carbocycles. The fraction of sp³-hybridized carbons (Fsp3) is 0.286. The highest BCUT2D eigenvalue weighted by atomic mass is 16.4. The third kappa shape index (κ3) is 2.42. The lowest BCUT2D eigenvalue weighted by atomic mass is 10.00. The quantitative estimate of drug-likeness (QED) is 0.902. The van der Waals surface area contributed by atoms with Gasteiger partial charge in [-0.25, -0.2) is 9.78 Å². The van der Waals surface area contributed by atoms with Crippen molar-refractivity contribution < 1.29 is 9.90 Å². The van der Waals surface area contributed by atoms with Crippen LogP contribution in [0.15, 0.2) is 24.7 Å². The van der Waals surface area contributed by atoms with E-state index in [9.17, 15) is 4.79 Å². The van der Waals surface area contributed by atoms with Crippen LogP contribution in [0.2, 0.25) is 0 Å². The number of aromatic nitrogens is 2. The van der Waals surface area contributed by atoms with E-state index >= 15 is 0 Å².